The van der Waals surface area contributed by atoms with Crippen LogP contribution in [0.1, 0.15) is 6.42 Å². The zero-order valence-corrected chi connectivity index (χ0v) is 16.2. The minimum Gasteiger partial charge on any atom is -0.380 e. The van der Waals surface area contributed by atoms with E-state index in [9.17, 15) is 17.6 Å². The molecule has 1 atom stereocenters. The summed E-state index contributed by atoms with van der Waals surface area (Å²) >= 11 is 0. The molecule has 9 heteroatoms. The highest BCUT2D eigenvalue weighted by Gasteiger charge is 2.22. The molecule has 0 aromatic heterocycles. The first kappa shape index (κ1) is 20.2. The third-order valence-corrected chi connectivity index (χ3v) is 5.92. The Bertz CT molecular complexity index is 934. The molecule has 28 heavy (non-hydrogen) atoms. The average molecular weight is 407 g/mol. The van der Waals surface area contributed by atoms with E-state index in [-0.39, 0.29) is 11.0 Å². The maximum absolute atomic E-state index is 13.2. The van der Waals surface area contributed by atoms with Crippen LogP contribution in [0.25, 0.3) is 0 Å². The molecular formula is C19H22FN3O4S. The lowest BCUT2D eigenvalue weighted by atomic mass is 10.2. The molecule has 1 fully saturated rings. The fraction of sp³-hybridized carbons (Fsp3) is 0.316. The van der Waals surface area contributed by atoms with Gasteiger partial charge in [0.25, 0.3) is 0 Å². The zero-order valence-electron chi connectivity index (χ0n) is 15.4. The van der Waals surface area contributed by atoms with Crippen LogP contribution in [0.3, 0.4) is 0 Å². The smallest absolute Gasteiger partial charge is 0.241 e. The number of methoxy groups -OCH3 is 1. The molecule has 1 saturated heterocycles. The first-order chi connectivity index (χ1) is 13.4. The van der Waals surface area contributed by atoms with Gasteiger partial charge in [-0.3, -0.25) is 4.79 Å². The van der Waals surface area contributed by atoms with Crippen LogP contribution in [-0.2, 0) is 19.6 Å². The molecule has 0 spiro atoms. The first-order valence-electron chi connectivity index (χ1n) is 8.80. The summed E-state index contributed by atoms with van der Waals surface area (Å²) in [6.07, 6.45) is 1.20. The summed E-state index contributed by atoms with van der Waals surface area (Å²) in [5, 5.41) is 2.63. The lowest BCUT2D eigenvalue weighted by molar-refractivity contribution is -0.115. The number of halogens is 1. The summed E-state index contributed by atoms with van der Waals surface area (Å²) in [5.74, 6) is -1.18. The van der Waals surface area contributed by atoms with E-state index in [0.29, 0.717) is 5.69 Å². The molecule has 1 unspecified atom stereocenters. The Morgan fingerprint density at radius 2 is 2.00 bits per heavy atom. The van der Waals surface area contributed by atoms with Gasteiger partial charge in [-0.25, -0.2) is 17.5 Å². The number of nitrogens with zero attached hydrogens (tertiary/aromatic N) is 1. The van der Waals surface area contributed by atoms with Crippen molar-refractivity contribution < 1.29 is 22.3 Å². The van der Waals surface area contributed by atoms with Crippen LogP contribution in [0.15, 0.2) is 53.4 Å². The molecule has 7 nitrogen and oxygen atoms in total. The Balaban J connectivity index is 1.53. The summed E-state index contributed by atoms with van der Waals surface area (Å²) in [6.45, 7) is 1.28. The maximum Gasteiger partial charge on any atom is 0.241 e. The van der Waals surface area contributed by atoms with Crippen LogP contribution in [0.2, 0.25) is 0 Å². The van der Waals surface area contributed by atoms with Gasteiger partial charge in [0.2, 0.25) is 15.9 Å². The molecule has 0 aliphatic carbocycles. The molecule has 2 aromatic rings. The SMILES string of the molecule is COC1CCN(c2ccc(NC(=O)CNS(=O)(=O)c3cccc(F)c3)cc2)C1. The predicted molar refractivity (Wildman–Crippen MR) is 104 cm³/mol. The standard InChI is InChI=1S/C19H22FN3O4S/c1-27-17-9-10-23(13-17)16-7-5-15(6-8-16)22-19(24)12-21-28(25,26)18-4-2-3-14(20)11-18/h2-8,11,17,21H,9-10,12-13H2,1H3,(H,22,24). The third-order valence-electron chi connectivity index (χ3n) is 4.52. The van der Waals surface area contributed by atoms with Gasteiger partial charge in [0.05, 0.1) is 17.5 Å². The van der Waals surface area contributed by atoms with E-state index >= 15 is 0 Å². The number of amides is 1. The van der Waals surface area contributed by atoms with Crippen molar-refractivity contribution in [2.24, 2.45) is 0 Å². The normalized spacial score (nSPS) is 16.9. The molecule has 1 aliphatic rings. The van der Waals surface area contributed by atoms with E-state index in [1.54, 1.807) is 19.2 Å². The number of ether oxygens (including phenoxy) is 1. The van der Waals surface area contributed by atoms with Crippen molar-refractivity contribution in [3.63, 3.8) is 0 Å². The molecule has 0 radical (unpaired) electrons. The second-order valence-corrected chi connectivity index (χ2v) is 8.24. The fourth-order valence-electron chi connectivity index (χ4n) is 2.99. The summed E-state index contributed by atoms with van der Waals surface area (Å²) in [4.78, 5) is 14.0. The summed E-state index contributed by atoms with van der Waals surface area (Å²) in [5.41, 5.74) is 1.59. The van der Waals surface area contributed by atoms with E-state index in [2.05, 4.69) is 14.9 Å². The van der Waals surface area contributed by atoms with Crippen molar-refractivity contribution in [1.29, 1.82) is 0 Å². The quantitative estimate of drug-likeness (QED) is 0.733. The van der Waals surface area contributed by atoms with Gasteiger partial charge >= 0.3 is 0 Å². The van der Waals surface area contributed by atoms with Crippen LogP contribution in [0.4, 0.5) is 15.8 Å². The number of anilines is 2. The Morgan fingerprint density at radius 1 is 1.25 bits per heavy atom. The van der Waals surface area contributed by atoms with Crippen molar-refractivity contribution >= 4 is 27.3 Å². The zero-order chi connectivity index (χ0) is 20.1. The van der Waals surface area contributed by atoms with Crippen LogP contribution < -0.4 is 14.9 Å². The topological polar surface area (TPSA) is 87.7 Å². The van der Waals surface area contributed by atoms with Crippen LogP contribution in [-0.4, -0.2) is 47.2 Å². The number of sulfonamides is 1. The van der Waals surface area contributed by atoms with Gasteiger partial charge in [-0.1, -0.05) is 6.07 Å². The Morgan fingerprint density at radius 3 is 2.64 bits per heavy atom. The van der Waals surface area contributed by atoms with Gasteiger partial charge in [-0.15, -0.1) is 0 Å². The van der Waals surface area contributed by atoms with Crippen molar-refractivity contribution in [3.05, 3.63) is 54.3 Å². The van der Waals surface area contributed by atoms with E-state index in [0.717, 1.165) is 37.3 Å². The van der Waals surface area contributed by atoms with E-state index in [1.807, 2.05) is 12.1 Å². The number of hydrogen-bond acceptors (Lipinski definition) is 5. The molecular weight excluding hydrogens is 385 g/mol. The van der Waals surface area contributed by atoms with Crippen molar-refractivity contribution in [1.82, 2.24) is 4.72 Å². The number of carbonyl (C=O) groups excluding carboxylic acids is 1. The third kappa shape index (κ3) is 5.06. The highest BCUT2D eigenvalue weighted by molar-refractivity contribution is 7.89. The minimum atomic E-state index is -3.97. The molecule has 2 aromatic carbocycles. The van der Waals surface area contributed by atoms with Crippen molar-refractivity contribution in [2.45, 2.75) is 17.4 Å². The van der Waals surface area contributed by atoms with E-state index in [1.165, 1.54) is 12.1 Å². The molecule has 150 valence electrons. The minimum absolute atomic E-state index is 0.227. The first-order valence-corrected chi connectivity index (χ1v) is 10.3. The number of nitrogens with one attached hydrogen (secondary N) is 2. The fourth-order valence-corrected chi connectivity index (χ4v) is 4.01. The molecule has 1 amide bonds. The van der Waals surface area contributed by atoms with Gasteiger partial charge in [-0.05, 0) is 48.9 Å². The molecule has 0 saturated carbocycles. The highest BCUT2D eigenvalue weighted by atomic mass is 32.2. The van der Waals surface area contributed by atoms with Gasteiger partial charge < -0.3 is 15.0 Å². The molecule has 3 rings (SSSR count). The Labute approximate surface area is 163 Å². The summed E-state index contributed by atoms with van der Waals surface area (Å²) in [7, 11) is -2.26. The van der Waals surface area contributed by atoms with E-state index < -0.39 is 28.3 Å². The van der Waals surface area contributed by atoms with Crippen molar-refractivity contribution in [3.8, 4) is 0 Å². The van der Waals surface area contributed by atoms with Crippen LogP contribution >= 0.6 is 0 Å². The van der Waals surface area contributed by atoms with Crippen LogP contribution in [0, 0.1) is 5.82 Å². The molecule has 1 heterocycles. The Hall–Kier alpha value is -2.49. The van der Waals surface area contributed by atoms with Gasteiger partial charge in [0.1, 0.15) is 5.82 Å². The monoisotopic (exact) mass is 407 g/mol. The number of hydrogen-bond donors (Lipinski definition) is 2. The molecule has 0 bridgehead atoms. The lowest BCUT2D eigenvalue weighted by Crippen LogP contribution is -2.33. The van der Waals surface area contributed by atoms with Gasteiger partial charge in [0, 0.05) is 31.6 Å². The number of rotatable bonds is 7. The summed E-state index contributed by atoms with van der Waals surface area (Å²) in [6, 6.07) is 11.9. The second-order valence-electron chi connectivity index (χ2n) is 6.47. The second kappa shape index (κ2) is 8.68. The molecule has 1 aliphatic heterocycles. The number of benzene rings is 2. The van der Waals surface area contributed by atoms with Crippen LogP contribution in [0.5, 0.6) is 0 Å². The molecule has 2 N–H and O–H groups in total. The lowest BCUT2D eigenvalue weighted by Gasteiger charge is -2.18. The van der Waals surface area contributed by atoms with E-state index in [4.69, 9.17) is 4.74 Å². The highest BCUT2D eigenvalue weighted by Crippen LogP contribution is 2.23. The van der Waals surface area contributed by atoms with Gasteiger partial charge in [0.15, 0.2) is 0 Å². The van der Waals surface area contributed by atoms with Gasteiger partial charge in [-0.2, -0.15) is 0 Å². The maximum atomic E-state index is 13.2. The number of carbonyl (C=O) groups is 1. The Kier molecular flexibility index (Phi) is 6.28. The average Bonchev–Trinajstić information content (AvgIpc) is 3.16. The predicted octanol–water partition coefficient (Wildman–Crippen LogP) is 1.97. The van der Waals surface area contributed by atoms with Crippen molar-refractivity contribution in [2.75, 3.05) is 37.0 Å². The summed E-state index contributed by atoms with van der Waals surface area (Å²) < 4.78 is 44.9. The largest absolute Gasteiger partial charge is 0.380 e.